The molecule has 0 fully saturated rings. The van der Waals surface area contributed by atoms with Crippen LogP contribution in [0.2, 0.25) is 0 Å². The molecule has 0 amide bonds. The molecule has 0 radical (unpaired) electrons. The number of nitrogens with one attached hydrogen (secondary N) is 2. The predicted octanol–water partition coefficient (Wildman–Crippen LogP) is 3.53. The first-order valence-electron chi connectivity index (χ1n) is 9.66. The minimum absolute atomic E-state index is 0.0303. The molecule has 2 aromatic heterocycles. The second kappa shape index (κ2) is 10.3. The van der Waals surface area contributed by atoms with Crippen LogP contribution in [0.4, 0.5) is 0 Å². The summed E-state index contributed by atoms with van der Waals surface area (Å²) >= 11 is 1.78. The summed E-state index contributed by atoms with van der Waals surface area (Å²) < 4.78 is 1.84. The summed E-state index contributed by atoms with van der Waals surface area (Å²) in [6.45, 7) is 11.7. The van der Waals surface area contributed by atoms with Crippen molar-refractivity contribution in [3.63, 3.8) is 0 Å². The Morgan fingerprint density at radius 1 is 1.19 bits per heavy atom. The highest BCUT2D eigenvalue weighted by Gasteiger charge is 2.21. The molecular formula is C21H32N4OS. The number of aliphatic imine (C=N–C) groups is 1. The number of aryl methyl sites for hydroxylation is 1. The number of nitrogens with zero attached hydrogens (tertiary/aromatic N) is 2. The van der Waals surface area contributed by atoms with Crippen molar-refractivity contribution in [1.29, 1.82) is 0 Å². The summed E-state index contributed by atoms with van der Waals surface area (Å²) in [6.07, 6.45) is 1.94. The zero-order chi connectivity index (χ0) is 19.7. The highest BCUT2D eigenvalue weighted by atomic mass is 32.1. The Balaban J connectivity index is 1.81. The van der Waals surface area contributed by atoms with E-state index in [2.05, 4.69) is 48.9 Å². The Hall–Kier alpha value is -2.08. The highest BCUT2D eigenvalue weighted by Crippen LogP contribution is 2.27. The van der Waals surface area contributed by atoms with Gasteiger partial charge in [-0.15, -0.1) is 11.3 Å². The smallest absolute Gasteiger partial charge is 0.250 e. The summed E-state index contributed by atoms with van der Waals surface area (Å²) in [5, 5.41) is 8.84. The summed E-state index contributed by atoms with van der Waals surface area (Å²) in [4.78, 5) is 18.0. The van der Waals surface area contributed by atoms with Crippen LogP contribution in [0.3, 0.4) is 0 Å². The van der Waals surface area contributed by atoms with Crippen LogP contribution in [0.25, 0.3) is 0 Å². The van der Waals surface area contributed by atoms with E-state index >= 15 is 0 Å². The number of thiophene rings is 1. The Morgan fingerprint density at radius 2 is 2.00 bits per heavy atom. The molecule has 148 valence electrons. The number of pyridine rings is 1. The van der Waals surface area contributed by atoms with Crippen molar-refractivity contribution in [3.05, 3.63) is 56.6 Å². The second-order valence-corrected chi connectivity index (χ2v) is 8.29. The van der Waals surface area contributed by atoms with Crippen LogP contribution in [0.5, 0.6) is 0 Å². The first-order chi connectivity index (χ1) is 12.9. The number of guanidine groups is 1. The fraction of sp³-hybridized carbons (Fsp3) is 0.524. The lowest BCUT2D eigenvalue weighted by Crippen LogP contribution is -2.39. The Kier molecular flexibility index (Phi) is 8.10. The Bertz CT molecular complexity index is 778. The summed E-state index contributed by atoms with van der Waals surface area (Å²) in [6, 6.07) is 9.68. The van der Waals surface area contributed by atoms with E-state index in [1.54, 1.807) is 17.4 Å². The highest BCUT2D eigenvalue weighted by molar-refractivity contribution is 7.10. The summed E-state index contributed by atoms with van der Waals surface area (Å²) in [5.41, 5.74) is 1.12. The van der Waals surface area contributed by atoms with E-state index in [-0.39, 0.29) is 11.0 Å². The van der Waals surface area contributed by atoms with Gasteiger partial charge < -0.3 is 15.2 Å². The third-order valence-electron chi connectivity index (χ3n) is 4.53. The number of unbranched alkanes of at least 4 members (excludes halogenated alkanes) is 1. The lowest BCUT2D eigenvalue weighted by Gasteiger charge is -2.22. The lowest BCUT2D eigenvalue weighted by molar-refractivity contribution is 0.546. The van der Waals surface area contributed by atoms with Crippen LogP contribution in [0.1, 0.15) is 44.2 Å². The minimum atomic E-state index is 0.0303. The van der Waals surface area contributed by atoms with Gasteiger partial charge in [0.05, 0.1) is 6.54 Å². The van der Waals surface area contributed by atoms with Crippen LogP contribution in [-0.4, -0.2) is 30.2 Å². The molecule has 6 heteroatoms. The van der Waals surface area contributed by atoms with E-state index in [1.807, 2.05) is 23.6 Å². The molecule has 5 nitrogen and oxygen atoms in total. The van der Waals surface area contributed by atoms with E-state index in [4.69, 9.17) is 4.99 Å². The van der Waals surface area contributed by atoms with Crippen molar-refractivity contribution in [3.8, 4) is 0 Å². The molecule has 27 heavy (non-hydrogen) atoms. The molecule has 2 rings (SSSR count). The molecule has 2 aromatic rings. The summed E-state index contributed by atoms with van der Waals surface area (Å²) in [5.74, 6) is 0.857. The maximum absolute atomic E-state index is 11.9. The number of aromatic nitrogens is 1. The molecule has 0 unspecified atom stereocenters. The fourth-order valence-corrected chi connectivity index (χ4v) is 3.72. The first kappa shape index (κ1) is 21.2. The zero-order valence-corrected chi connectivity index (χ0v) is 17.7. The molecule has 0 aliphatic heterocycles. The van der Waals surface area contributed by atoms with Gasteiger partial charge in [0.2, 0.25) is 0 Å². The molecule has 0 atom stereocenters. The average Bonchev–Trinajstić information content (AvgIpc) is 3.17. The zero-order valence-electron chi connectivity index (χ0n) is 16.9. The van der Waals surface area contributed by atoms with E-state index in [0.29, 0.717) is 0 Å². The van der Waals surface area contributed by atoms with Gasteiger partial charge in [0.15, 0.2) is 5.96 Å². The van der Waals surface area contributed by atoms with Crippen molar-refractivity contribution in [2.75, 3.05) is 19.6 Å². The third kappa shape index (κ3) is 6.54. The lowest BCUT2D eigenvalue weighted by atomic mass is 9.92. The van der Waals surface area contributed by atoms with E-state index in [0.717, 1.165) is 50.7 Å². The molecule has 0 aliphatic rings. The fourth-order valence-electron chi connectivity index (χ4n) is 2.87. The Labute approximate surface area is 166 Å². The van der Waals surface area contributed by atoms with E-state index in [9.17, 15) is 4.79 Å². The molecule has 0 saturated carbocycles. The van der Waals surface area contributed by atoms with Crippen LogP contribution >= 0.6 is 11.3 Å². The molecular weight excluding hydrogens is 356 g/mol. The monoisotopic (exact) mass is 388 g/mol. The predicted molar refractivity (Wildman–Crippen MR) is 116 cm³/mol. The van der Waals surface area contributed by atoms with Gasteiger partial charge in [0.25, 0.3) is 5.56 Å². The van der Waals surface area contributed by atoms with Gasteiger partial charge in [0.1, 0.15) is 0 Å². The topological polar surface area (TPSA) is 58.4 Å². The van der Waals surface area contributed by atoms with Crippen molar-refractivity contribution in [2.45, 2.75) is 52.5 Å². The first-order valence-corrected chi connectivity index (χ1v) is 10.5. The van der Waals surface area contributed by atoms with Crippen LogP contribution < -0.4 is 16.2 Å². The minimum Gasteiger partial charge on any atom is -0.357 e. The summed E-state index contributed by atoms with van der Waals surface area (Å²) in [7, 11) is 0. The van der Waals surface area contributed by atoms with Crippen molar-refractivity contribution >= 4 is 17.3 Å². The number of hydrogen-bond acceptors (Lipinski definition) is 3. The maximum atomic E-state index is 11.9. The van der Waals surface area contributed by atoms with E-state index in [1.165, 1.54) is 4.88 Å². The molecule has 2 N–H and O–H groups in total. The second-order valence-electron chi connectivity index (χ2n) is 7.35. The molecule has 0 spiro atoms. The SMILES string of the molecule is CCNC(=NCC(C)(C)c1cccs1)NCCCCn1c(C)cccc1=O. The Morgan fingerprint density at radius 3 is 2.67 bits per heavy atom. The standard InChI is InChI=1S/C21H32N4OS/c1-5-22-20(24-16-21(3,4)18-11-9-15-27-18)23-13-6-7-14-25-17(2)10-8-12-19(25)26/h8-12,15H,5-7,13-14,16H2,1-4H3,(H2,22,23,24). The largest absolute Gasteiger partial charge is 0.357 e. The average molecular weight is 389 g/mol. The van der Waals surface area contributed by atoms with Gasteiger partial charge in [-0.2, -0.15) is 0 Å². The van der Waals surface area contributed by atoms with Crippen LogP contribution in [0, 0.1) is 6.92 Å². The van der Waals surface area contributed by atoms with Crippen molar-refractivity contribution < 1.29 is 0 Å². The van der Waals surface area contributed by atoms with Gasteiger partial charge in [0, 0.05) is 41.7 Å². The van der Waals surface area contributed by atoms with Crippen molar-refractivity contribution in [2.24, 2.45) is 4.99 Å². The van der Waals surface area contributed by atoms with Crippen molar-refractivity contribution in [1.82, 2.24) is 15.2 Å². The maximum Gasteiger partial charge on any atom is 0.250 e. The molecule has 2 heterocycles. The van der Waals surface area contributed by atoms with Crippen LogP contribution in [-0.2, 0) is 12.0 Å². The molecule has 0 bridgehead atoms. The molecule has 0 aliphatic carbocycles. The third-order valence-corrected chi connectivity index (χ3v) is 5.77. The molecule has 0 saturated heterocycles. The van der Waals surface area contributed by atoms with E-state index < -0.39 is 0 Å². The normalized spacial score (nSPS) is 12.2. The van der Waals surface area contributed by atoms with Gasteiger partial charge >= 0.3 is 0 Å². The van der Waals surface area contributed by atoms with Gasteiger partial charge in [-0.25, -0.2) is 0 Å². The van der Waals surface area contributed by atoms with Gasteiger partial charge in [-0.05, 0) is 44.2 Å². The van der Waals surface area contributed by atoms with Gasteiger partial charge in [-0.3, -0.25) is 9.79 Å². The van der Waals surface area contributed by atoms with Crippen LogP contribution in [0.15, 0.2) is 45.5 Å². The van der Waals surface area contributed by atoms with Gasteiger partial charge in [-0.1, -0.05) is 26.0 Å². The number of hydrogen-bond donors (Lipinski definition) is 2. The molecule has 0 aromatic carbocycles. The quantitative estimate of drug-likeness (QED) is 0.392. The number of rotatable bonds is 9.